The minimum Gasteiger partial charge on any atom is -0.368 e. The first-order valence-corrected chi connectivity index (χ1v) is 7.42. The van der Waals surface area contributed by atoms with E-state index in [4.69, 9.17) is 10.3 Å². The van der Waals surface area contributed by atoms with E-state index in [1.807, 2.05) is 0 Å². The predicted octanol–water partition coefficient (Wildman–Crippen LogP) is -0.969. The highest BCUT2D eigenvalue weighted by Gasteiger charge is 2.51. The molecule has 1 aliphatic carbocycles. The summed E-state index contributed by atoms with van der Waals surface area (Å²) in [6.45, 7) is 0.0954. The summed E-state index contributed by atoms with van der Waals surface area (Å²) in [5.74, 6) is -0.472. The second kappa shape index (κ2) is 4.17. The lowest BCUT2D eigenvalue weighted by Crippen LogP contribution is -2.49. The van der Waals surface area contributed by atoms with E-state index in [1.165, 1.54) is 4.90 Å². The van der Waals surface area contributed by atoms with Crippen molar-refractivity contribution in [2.45, 2.75) is 24.9 Å². The average molecular weight is 303 g/mol. The average Bonchev–Trinajstić information content (AvgIpc) is 3.13. The summed E-state index contributed by atoms with van der Waals surface area (Å²) in [5, 5.41) is 0.556. The number of hydroxylamine groups is 2. The number of nitrogens with zero attached hydrogens (tertiary/aromatic N) is 2. The molecule has 0 aromatic heterocycles. The fraction of sp³-hybridized carbons (Fsp3) is 0.600. The highest BCUT2D eigenvalue weighted by atomic mass is 32.3. The van der Waals surface area contributed by atoms with E-state index >= 15 is 0 Å². The molecule has 3 rings (SSSR count). The summed E-state index contributed by atoms with van der Waals surface area (Å²) in [5.41, 5.74) is 6.07. The van der Waals surface area contributed by atoms with E-state index < -0.39 is 34.4 Å². The van der Waals surface area contributed by atoms with Gasteiger partial charge in [0.05, 0.1) is 12.6 Å². The van der Waals surface area contributed by atoms with E-state index in [2.05, 4.69) is 4.28 Å². The summed E-state index contributed by atoms with van der Waals surface area (Å²) in [4.78, 5) is 24.8. The van der Waals surface area contributed by atoms with Crippen LogP contribution >= 0.6 is 0 Å². The second-order valence-corrected chi connectivity index (χ2v) is 6.08. The Bertz CT molecular complexity index is 610. The van der Waals surface area contributed by atoms with Crippen LogP contribution in [0.15, 0.2) is 11.6 Å². The Morgan fingerprint density at radius 2 is 2.10 bits per heavy atom. The number of hydrogen-bond donors (Lipinski definition) is 2. The summed E-state index contributed by atoms with van der Waals surface area (Å²) in [6.07, 6.45) is 3.45. The fourth-order valence-electron chi connectivity index (χ4n) is 2.73. The van der Waals surface area contributed by atoms with Crippen molar-refractivity contribution in [2.75, 3.05) is 6.54 Å². The Kier molecular flexibility index (Phi) is 2.78. The first-order valence-electron chi connectivity index (χ1n) is 6.05. The normalized spacial score (nSPS) is 29.6. The first kappa shape index (κ1) is 13.3. The molecule has 20 heavy (non-hydrogen) atoms. The minimum atomic E-state index is -4.81. The molecule has 2 atom stereocenters. The number of hydrogen-bond acceptors (Lipinski definition) is 5. The molecule has 1 unspecified atom stereocenters. The van der Waals surface area contributed by atoms with Gasteiger partial charge in [0.1, 0.15) is 6.04 Å². The third-order valence-electron chi connectivity index (χ3n) is 3.62. The van der Waals surface area contributed by atoms with Crippen molar-refractivity contribution in [1.29, 1.82) is 0 Å². The van der Waals surface area contributed by atoms with E-state index in [-0.39, 0.29) is 12.5 Å². The standard InChI is InChI=1S/C10H13N3O6S/c11-9(14)8-7(5-1-2-5)3-6-4-12(8)10(15)13(6)19-20(16,17)18/h3,5-6,8H,1-2,4H2,(H2,11,14)(H,16,17,18)/t6?,8-/m0/s1. The Morgan fingerprint density at radius 1 is 1.45 bits per heavy atom. The van der Waals surface area contributed by atoms with E-state index in [1.54, 1.807) is 6.08 Å². The van der Waals surface area contributed by atoms with Crippen LogP contribution in [0.5, 0.6) is 0 Å². The Hall–Kier alpha value is -1.65. The zero-order chi connectivity index (χ0) is 14.7. The van der Waals surface area contributed by atoms with Gasteiger partial charge in [0.2, 0.25) is 5.91 Å². The second-order valence-electron chi connectivity index (χ2n) is 5.08. The summed E-state index contributed by atoms with van der Waals surface area (Å²) in [6, 6.07) is -2.33. The maximum atomic E-state index is 12.1. The molecule has 3 aliphatic rings. The van der Waals surface area contributed by atoms with Gasteiger partial charge in [-0.15, -0.1) is 4.28 Å². The van der Waals surface area contributed by atoms with Gasteiger partial charge in [-0.1, -0.05) is 6.08 Å². The van der Waals surface area contributed by atoms with Gasteiger partial charge in [-0.05, 0) is 24.3 Å². The summed E-state index contributed by atoms with van der Waals surface area (Å²) in [7, 11) is -4.81. The molecule has 1 saturated heterocycles. The zero-order valence-corrected chi connectivity index (χ0v) is 11.1. The predicted molar refractivity (Wildman–Crippen MR) is 64.2 cm³/mol. The summed E-state index contributed by atoms with van der Waals surface area (Å²) >= 11 is 0. The molecule has 0 aromatic carbocycles. The van der Waals surface area contributed by atoms with Crippen LogP contribution in [0.25, 0.3) is 0 Å². The molecule has 0 radical (unpaired) electrons. The van der Waals surface area contributed by atoms with Crippen LogP contribution in [0, 0.1) is 5.92 Å². The number of rotatable bonds is 4. The Balaban J connectivity index is 1.95. The molecule has 0 aromatic rings. The van der Waals surface area contributed by atoms with Crippen molar-refractivity contribution < 1.29 is 26.8 Å². The molecule has 0 spiro atoms. The van der Waals surface area contributed by atoms with Crippen molar-refractivity contribution in [3.8, 4) is 0 Å². The molecule has 2 heterocycles. The SMILES string of the molecule is NC(=O)[C@@H]1C(C2CC2)=CC2CN1C(=O)N2OS(=O)(=O)O. The van der Waals surface area contributed by atoms with Crippen LogP contribution in [0.3, 0.4) is 0 Å². The van der Waals surface area contributed by atoms with Crippen molar-refractivity contribution >= 4 is 22.3 Å². The van der Waals surface area contributed by atoms with Crippen LogP contribution in [0.1, 0.15) is 12.8 Å². The van der Waals surface area contributed by atoms with Crippen LogP contribution in [-0.2, 0) is 19.5 Å². The van der Waals surface area contributed by atoms with Crippen molar-refractivity contribution in [2.24, 2.45) is 11.7 Å². The van der Waals surface area contributed by atoms with E-state index in [0.29, 0.717) is 5.06 Å². The van der Waals surface area contributed by atoms with Crippen molar-refractivity contribution in [3.05, 3.63) is 11.6 Å². The highest BCUT2D eigenvalue weighted by molar-refractivity contribution is 7.80. The van der Waals surface area contributed by atoms with Gasteiger partial charge >= 0.3 is 16.4 Å². The lowest BCUT2D eigenvalue weighted by atomic mass is 9.95. The Labute approximate surface area is 114 Å². The molecule has 2 bridgehead atoms. The number of urea groups is 1. The molecule has 1 saturated carbocycles. The van der Waals surface area contributed by atoms with Crippen LogP contribution in [-0.4, -0.2) is 53.5 Å². The number of primary amides is 1. The quantitative estimate of drug-likeness (QED) is 0.507. The van der Waals surface area contributed by atoms with Gasteiger partial charge < -0.3 is 10.6 Å². The molecule has 3 N–H and O–H groups in total. The fourth-order valence-corrected chi connectivity index (χ4v) is 3.11. The molecule has 2 fully saturated rings. The Morgan fingerprint density at radius 3 is 2.60 bits per heavy atom. The van der Waals surface area contributed by atoms with Crippen LogP contribution in [0.2, 0.25) is 0 Å². The van der Waals surface area contributed by atoms with Crippen LogP contribution in [0.4, 0.5) is 4.79 Å². The minimum absolute atomic E-state index is 0.0954. The lowest BCUT2D eigenvalue weighted by Gasteiger charge is -2.29. The molecule has 3 amide bonds. The van der Waals surface area contributed by atoms with Gasteiger partial charge in [0.15, 0.2) is 0 Å². The third-order valence-corrected chi connectivity index (χ3v) is 3.97. The monoisotopic (exact) mass is 303 g/mol. The van der Waals surface area contributed by atoms with Gasteiger partial charge in [-0.25, -0.2) is 4.79 Å². The number of nitrogens with two attached hydrogens (primary N) is 1. The van der Waals surface area contributed by atoms with Crippen LogP contribution < -0.4 is 5.73 Å². The van der Waals surface area contributed by atoms with E-state index in [9.17, 15) is 18.0 Å². The van der Waals surface area contributed by atoms with Gasteiger partial charge in [-0.2, -0.15) is 13.5 Å². The van der Waals surface area contributed by atoms with E-state index in [0.717, 1.165) is 18.4 Å². The van der Waals surface area contributed by atoms with Crippen molar-refractivity contribution in [1.82, 2.24) is 9.96 Å². The number of carbonyl (C=O) groups is 2. The molecule has 10 heteroatoms. The maximum Gasteiger partial charge on any atom is 0.418 e. The smallest absolute Gasteiger partial charge is 0.368 e. The molecule has 9 nitrogen and oxygen atoms in total. The first-order chi connectivity index (χ1) is 9.28. The third kappa shape index (κ3) is 2.15. The van der Waals surface area contributed by atoms with Gasteiger partial charge in [-0.3, -0.25) is 9.35 Å². The largest absolute Gasteiger partial charge is 0.418 e. The lowest BCUT2D eigenvalue weighted by molar-refractivity contribution is -0.121. The summed E-state index contributed by atoms with van der Waals surface area (Å²) < 4.78 is 34.5. The number of carbonyl (C=O) groups excluding carboxylic acids is 2. The highest BCUT2D eigenvalue weighted by Crippen LogP contribution is 2.43. The molecule has 110 valence electrons. The van der Waals surface area contributed by atoms with Gasteiger partial charge in [0, 0.05) is 0 Å². The van der Waals surface area contributed by atoms with Crippen molar-refractivity contribution in [3.63, 3.8) is 0 Å². The molecular formula is C10H13N3O6S. The molecule has 2 aliphatic heterocycles. The number of fused-ring (bicyclic) bond motifs is 2. The molecular weight excluding hydrogens is 290 g/mol. The van der Waals surface area contributed by atoms with Gasteiger partial charge in [0.25, 0.3) is 0 Å². The maximum absolute atomic E-state index is 12.1. The topological polar surface area (TPSA) is 130 Å². The number of amides is 3. The zero-order valence-electron chi connectivity index (χ0n) is 10.3.